The summed E-state index contributed by atoms with van der Waals surface area (Å²) >= 11 is 0. The first-order chi connectivity index (χ1) is 46.3. The van der Waals surface area contributed by atoms with Gasteiger partial charge in [0, 0.05) is 68.2 Å². The zero-order chi connectivity index (χ0) is 73.2. The zero-order valence-corrected chi connectivity index (χ0v) is 61.7. The molecule has 32 heteroatoms. The molecule has 7 rings (SSSR count). The number of rotatable bonds is 35. The molecule has 7 aromatic rings. The highest BCUT2D eigenvalue weighted by atomic mass is 32.2. The number of phosphoric acid groups is 1. The predicted molar refractivity (Wildman–Crippen MR) is 387 cm³/mol. The second-order valence-electron chi connectivity index (χ2n) is 21.6. The molecular weight excluding hydrogens is 1340 g/mol. The van der Waals surface area contributed by atoms with Gasteiger partial charge in [0.1, 0.15) is 60.5 Å². The van der Waals surface area contributed by atoms with Crippen molar-refractivity contribution in [3.05, 3.63) is 66.8 Å². The third-order valence-electron chi connectivity index (χ3n) is 13.8. The molecule has 5 aromatic heterocycles. The van der Waals surface area contributed by atoms with Crippen LogP contribution in [0, 0.1) is 30.1 Å². The van der Waals surface area contributed by atoms with Gasteiger partial charge in [-0.2, -0.15) is 26.3 Å². The molecule has 0 bridgehead atoms. The van der Waals surface area contributed by atoms with E-state index < -0.39 is 31.9 Å². The number of hydrogen-bond donors (Lipinski definition) is 8. The van der Waals surface area contributed by atoms with Crippen LogP contribution in [0.5, 0.6) is 11.5 Å². The van der Waals surface area contributed by atoms with E-state index in [0.29, 0.717) is 70.6 Å². The third kappa shape index (κ3) is 32.1. The summed E-state index contributed by atoms with van der Waals surface area (Å²) in [5.41, 5.74) is 11.8. The standard InChI is InChI=1S/C23H35N4O6P.C19H26N4O2.C9H23N2O2P.C5H12O.C4H3F3N2O3S.C3H4.C2H6.CH4/c1-4-6-7-20-26-21-22(27(20)10-11-28)18-9-8-17(14-19(18)25-23(21)24)31-12-13-32-34(29,30)33-15-16(3)5-2;1-3-5-6-16-22-17-18(23(16)9-4-2)14-8-7-13(25-11-10-24)12-15(14)21-19(17)20;1-5-9(3)7-13-14(10-4)11-8-12-6-2;1-3-5(2)4-6;5-4(6,7)13(10,11)12-9-2-1-8-3-9;1-3-2;1-2;/h8-9,14,16,28H,4-7,10-13,15H2,1-3H3,(H2,24,25)(H,29,30);7-8,12,24H,3-6,9-11H2,1-2H3,(H2,20,21);9-11H,5-8H2,1-4H3;5-6H,3-4H2,1-2H3;1-3H;1H,2H3;1-2H3;1H4/t16-;;9-,14?;5-;;;;/m1.11..../s1. The molecule has 0 saturated heterocycles. The number of pyridine rings is 2. The number of aliphatic hydroxyl groups is 3. The number of nitrogens with two attached hydrogens (primary N) is 2. The van der Waals surface area contributed by atoms with Crippen molar-refractivity contribution in [3.8, 4) is 23.8 Å². The van der Waals surface area contributed by atoms with E-state index in [9.17, 15) is 36.2 Å². The number of unbranched alkanes of at least 4 members (excludes halogenated alkanes) is 2. The maximum absolute atomic E-state index is 11.9. The van der Waals surface area contributed by atoms with E-state index in [-0.39, 0.29) is 53.0 Å². The van der Waals surface area contributed by atoms with Crippen molar-refractivity contribution in [2.75, 3.05) is 84.7 Å². The van der Waals surface area contributed by atoms with Crippen molar-refractivity contribution in [3.63, 3.8) is 0 Å². The van der Waals surface area contributed by atoms with E-state index in [4.69, 9.17) is 59.4 Å². The number of imidazole rings is 3. The lowest BCUT2D eigenvalue weighted by atomic mass is 10.1. The number of halogens is 3. The number of nitrogens with one attached hydrogen (secondary N) is 2. The Bertz CT molecular complexity index is 3490. The smallest absolute Gasteiger partial charge is 0.491 e. The molecule has 0 aliphatic heterocycles. The highest BCUT2D eigenvalue weighted by Gasteiger charge is 2.49. The van der Waals surface area contributed by atoms with Crippen LogP contribution in [0.3, 0.4) is 0 Å². The molecule has 2 unspecified atom stereocenters. The van der Waals surface area contributed by atoms with Crippen LogP contribution >= 0.6 is 16.3 Å². The molecule has 5 heterocycles. The summed E-state index contributed by atoms with van der Waals surface area (Å²) in [6, 6.07) is 11.2. The summed E-state index contributed by atoms with van der Waals surface area (Å²) in [5, 5.41) is 35.0. The molecule has 0 saturated carbocycles. The number of aromatic nitrogens is 8. The van der Waals surface area contributed by atoms with Crippen molar-refractivity contribution in [2.45, 2.75) is 180 Å². The summed E-state index contributed by atoms with van der Waals surface area (Å²) in [6.07, 6.45) is 17.5. The number of anilines is 2. The van der Waals surface area contributed by atoms with Crippen molar-refractivity contribution in [1.29, 1.82) is 0 Å². The number of phosphoric ester groups is 1. The summed E-state index contributed by atoms with van der Waals surface area (Å²) < 4.78 is 108. The molecule has 0 aliphatic carbocycles. The molecule has 0 spiro atoms. The maximum Gasteiger partial charge on any atom is 0.536 e. The Labute approximate surface area is 580 Å². The van der Waals surface area contributed by atoms with Crippen molar-refractivity contribution < 1.29 is 78.4 Å². The third-order valence-corrected chi connectivity index (χ3v) is 17.0. The fourth-order valence-electron chi connectivity index (χ4n) is 8.05. The minimum Gasteiger partial charge on any atom is -0.491 e. The Kier molecular flexibility index (Phi) is 47.2. The highest BCUT2D eigenvalue weighted by Crippen LogP contribution is 2.43. The Morgan fingerprint density at radius 1 is 0.735 bits per heavy atom. The lowest BCUT2D eigenvalue weighted by molar-refractivity contribution is -0.0547. The molecule has 98 heavy (non-hydrogen) atoms. The normalized spacial score (nSPS) is 12.9. The van der Waals surface area contributed by atoms with Gasteiger partial charge in [-0.1, -0.05) is 116 Å². The van der Waals surface area contributed by atoms with Crippen LogP contribution < -0.4 is 35.4 Å². The van der Waals surface area contributed by atoms with E-state index >= 15 is 0 Å². The van der Waals surface area contributed by atoms with Gasteiger partial charge in [-0.3, -0.25) is 18.4 Å². The summed E-state index contributed by atoms with van der Waals surface area (Å²) in [5.74, 6) is 7.46. The number of hydrogen-bond acceptors (Lipinski definition) is 22. The van der Waals surface area contributed by atoms with Crippen LogP contribution in [0.25, 0.3) is 43.9 Å². The molecule has 10 N–H and O–H groups in total. The van der Waals surface area contributed by atoms with Gasteiger partial charge in [0.05, 0.1) is 61.3 Å². The highest BCUT2D eigenvalue weighted by molar-refractivity contribution is 7.87. The molecule has 0 aliphatic rings. The van der Waals surface area contributed by atoms with Gasteiger partial charge in [-0.05, 0) is 82.2 Å². The molecule has 558 valence electrons. The monoisotopic (exact) mass is 1450 g/mol. The largest absolute Gasteiger partial charge is 0.536 e. The Balaban J connectivity index is 0.00000129. The van der Waals surface area contributed by atoms with Crippen LogP contribution in [0.4, 0.5) is 24.8 Å². The van der Waals surface area contributed by atoms with E-state index in [1.165, 1.54) is 0 Å². The van der Waals surface area contributed by atoms with Crippen molar-refractivity contribution in [1.82, 2.24) is 49.0 Å². The lowest BCUT2D eigenvalue weighted by Gasteiger charge is -2.19. The van der Waals surface area contributed by atoms with Crippen molar-refractivity contribution >= 4 is 81.9 Å². The number of terminal acetylenes is 1. The maximum atomic E-state index is 11.9. The molecular formula is C66H113F3N12O14P2S. The second-order valence-corrected chi connectivity index (χ2v) is 26.2. The van der Waals surface area contributed by atoms with Crippen LogP contribution in [0.2, 0.25) is 0 Å². The number of alkyl halides is 3. The molecule has 5 atom stereocenters. The topological polar surface area (TPSA) is 352 Å². The number of aryl methyl sites for hydroxylation is 3. The number of nitrogens with zero attached hydrogens (tertiary/aromatic N) is 8. The van der Waals surface area contributed by atoms with Crippen LogP contribution in [-0.4, -0.2) is 146 Å². The first kappa shape index (κ1) is 92.0. The number of fused-ring (bicyclic) bond motifs is 6. The fraction of sp³-hybridized carbons (Fsp3) is 0.621. The van der Waals surface area contributed by atoms with Gasteiger partial charge in [0.25, 0.3) is 0 Å². The number of aliphatic hydroxyl groups excluding tert-OH is 3. The minimum absolute atomic E-state index is 0. The molecule has 0 radical (unpaired) electrons. The SMILES string of the molecule is C.C#CC.CC.CCCCc1nc2c(N)nc3cc(OCCO)ccc3c2n1CCC.CCCCc1nc2c(N)nc3cc(OCCOP(=O)(O)OC[C@H](C)CC)ccc3c2n1CCO.CCOCNP(NC)OC[C@H](C)CC.CC[C@@H](C)CO.O=S(=O)(On1ccnc1)C(F)(F)F. The number of nitrogen functional groups attached to an aromatic ring is 2. The van der Waals surface area contributed by atoms with E-state index in [1.54, 1.807) is 19.1 Å². The average molecular weight is 1450 g/mol. The molecule has 2 aromatic carbocycles. The Hall–Kier alpha value is -6.03. The molecule has 0 fully saturated rings. The van der Waals surface area contributed by atoms with Crippen LogP contribution in [0.1, 0.15) is 160 Å². The van der Waals surface area contributed by atoms with E-state index in [2.05, 4.69) is 87.9 Å². The van der Waals surface area contributed by atoms with Crippen LogP contribution in [0.15, 0.2) is 55.1 Å². The van der Waals surface area contributed by atoms with Gasteiger partial charge in [0.15, 0.2) is 20.1 Å². The number of benzene rings is 2. The minimum atomic E-state index is -5.60. The Morgan fingerprint density at radius 3 is 1.64 bits per heavy atom. The molecule has 0 amide bonds. The lowest BCUT2D eigenvalue weighted by Crippen LogP contribution is -2.32. The summed E-state index contributed by atoms with van der Waals surface area (Å²) in [7, 11) is -8.55. The van der Waals surface area contributed by atoms with Gasteiger partial charge in [0.2, 0.25) is 0 Å². The summed E-state index contributed by atoms with van der Waals surface area (Å²) in [6.45, 7) is 30.5. The zero-order valence-electron chi connectivity index (χ0n) is 59.1. The number of ether oxygens (including phenoxy) is 3. The van der Waals surface area contributed by atoms with Gasteiger partial charge in [-0.15, -0.1) is 12.3 Å². The fourth-order valence-corrected chi connectivity index (χ4v) is 10.3. The van der Waals surface area contributed by atoms with Gasteiger partial charge >= 0.3 is 23.4 Å². The Morgan fingerprint density at radius 2 is 1.23 bits per heavy atom. The van der Waals surface area contributed by atoms with E-state index in [1.807, 2.05) is 77.4 Å². The quantitative estimate of drug-likeness (QED) is 0.00601. The predicted octanol–water partition coefficient (Wildman–Crippen LogP) is 12.9. The van der Waals surface area contributed by atoms with Crippen molar-refractivity contribution in [2.24, 2.45) is 17.8 Å². The summed E-state index contributed by atoms with van der Waals surface area (Å²) in [4.78, 5) is 31.6. The van der Waals surface area contributed by atoms with Gasteiger partial charge < -0.3 is 59.5 Å². The van der Waals surface area contributed by atoms with E-state index in [0.717, 1.165) is 147 Å². The first-order valence-corrected chi connectivity index (χ1v) is 37.1. The average Bonchev–Trinajstić information content (AvgIpc) is 1.58. The first-order valence-electron chi connectivity index (χ1n) is 32.9. The molecule has 26 nitrogen and oxygen atoms in total. The van der Waals surface area contributed by atoms with Crippen LogP contribution in [-0.2, 0) is 58.9 Å². The second kappa shape index (κ2) is 50.3. The van der Waals surface area contributed by atoms with Gasteiger partial charge in [-0.25, -0.2) is 34.6 Å².